The molecule has 4 atom stereocenters. The molecular formula is C17H31NO6. The molecule has 24 heavy (non-hydrogen) atoms. The maximum Gasteiger partial charge on any atom is 0.410 e. The summed E-state index contributed by atoms with van der Waals surface area (Å²) in [6.45, 7) is 11.1. The van der Waals surface area contributed by atoms with Crippen molar-refractivity contribution in [2.75, 3.05) is 6.54 Å². The van der Waals surface area contributed by atoms with E-state index in [1.165, 1.54) is 6.92 Å². The first-order valence-corrected chi connectivity index (χ1v) is 8.41. The van der Waals surface area contributed by atoms with Crippen molar-refractivity contribution < 1.29 is 29.0 Å². The molecule has 0 radical (unpaired) electrons. The molecule has 1 amide bonds. The highest BCUT2D eigenvalue weighted by Gasteiger charge is 2.26. The van der Waals surface area contributed by atoms with Crippen LogP contribution in [-0.2, 0) is 19.1 Å². The lowest BCUT2D eigenvalue weighted by molar-refractivity contribution is -0.172. The van der Waals surface area contributed by atoms with Crippen molar-refractivity contribution in [3.8, 4) is 0 Å². The third kappa shape index (κ3) is 8.74. The van der Waals surface area contributed by atoms with Gasteiger partial charge in [0.1, 0.15) is 0 Å². The van der Waals surface area contributed by atoms with Crippen LogP contribution in [-0.4, -0.2) is 36.0 Å². The Hall–Kier alpha value is -1.79. The van der Waals surface area contributed by atoms with E-state index < -0.39 is 24.3 Å². The van der Waals surface area contributed by atoms with Gasteiger partial charge in [-0.05, 0) is 17.8 Å². The van der Waals surface area contributed by atoms with Crippen LogP contribution in [0.1, 0.15) is 54.4 Å². The van der Waals surface area contributed by atoms with E-state index in [2.05, 4.69) is 12.2 Å². The molecule has 7 heteroatoms. The van der Waals surface area contributed by atoms with Gasteiger partial charge in [0.15, 0.2) is 0 Å². The molecule has 0 unspecified atom stereocenters. The van der Waals surface area contributed by atoms with Gasteiger partial charge in [-0.2, -0.15) is 0 Å². The number of ether oxygens (including phenoxy) is 2. The van der Waals surface area contributed by atoms with E-state index in [-0.39, 0.29) is 30.7 Å². The maximum absolute atomic E-state index is 11.9. The Balaban J connectivity index is 4.68. The van der Waals surface area contributed by atoms with Crippen LogP contribution in [0.25, 0.3) is 0 Å². The van der Waals surface area contributed by atoms with E-state index in [0.29, 0.717) is 5.92 Å². The molecule has 0 aliphatic rings. The third-order valence-corrected chi connectivity index (χ3v) is 4.28. The quantitative estimate of drug-likeness (QED) is 0.466. The van der Waals surface area contributed by atoms with Gasteiger partial charge in [-0.25, -0.2) is 4.79 Å². The van der Waals surface area contributed by atoms with Crippen LogP contribution < -0.4 is 5.32 Å². The lowest BCUT2D eigenvalue weighted by atomic mass is 9.81. The van der Waals surface area contributed by atoms with E-state index in [1.807, 2.05) is 13.8 Å². The number of carboxylic acids is 1. The first-order chi connectivity index (χ1) is 11.1. The Bertz CT molecular complexity index is 423. The van der Waals surface area contributed by atoms with Crippen molar-refractivity contribution in [3.63, 3.8) is 0 Å². The summed E-state index contributed by atoms with van der Waals surface area (Å²) in [5.41, 5.74) is 0. The molecule has 0 aromatic rings. The number of esters is 1. The van der Waals surface area contributed by atoms with Gasteiger partial charge in [-0.1, -0.05) is 41.0 Å². The lowest BCUT2D eigenvalue weighted by Crippen LogP contribution is -2.38. The summed E-state index contributed by atoms with van der Waals surface area (Å²) in [5.74, 6) is -1.33. The van der Waals surface area contributed by atoms with Crippen molar-refractivity contribution in [1.29, 1.82) is 0 Å². The highest BCUT2D eigenvalue weighted by molar-refractivity contribution is 5.69. The van der Waals surface area contributed by atoms with Crippen molar-refractivity contribution in [2.45, 2.75) is 60.7 Å². The molecule has 0 fully saturated rings. The Kier molecular flexibility index (Phi) is 10.1. The maximum atomic E-state index is 11.9. The van der Waals surface area contributed by atoms with Crippen LogP contribution in [0.3, 0.4) is 0 Å². The zero-order chi connectivity index (χ0) is 18.9. The van der Waals surface area contributed by atoms with Crippen LogP contribution >= 0.6 is 0 Å². The topological polar surface area (TPSA) is 102 Å². The molecule has 0 aromatic heterocycles. The van der Waals surface area contributed by atoms with Crippen LogP contribution in [0.15, 0.2) is 0 Å². The van der Waals surface area contributed by atoms with E-state index in [0.717, 1.165) is 6.42 Å². The number of alkyl carbamates (subject to hydrolysis) is 1. The molecule has 0 saturated carbocycles. The SMILES string of the molecule is CC[C@@H](C)[C@@H](C)[C@H](CNC(=O)O[C@H](OC(C)=O)C(C)C)CC(=O)O. The molecule has 0 rings (SSSR count). The predicted octanol–water partition coefficient (Wildman–Crippen LogP) is 3.03. The van der Waals surface area contributed by atoms with Gasteiger partial charge in [-0.3, -0.25) is 9.59 Å². The number of amides is 1. The summed E-state index contributed by atoms with van der Waals surface area (Å²) >= 11 is 0. The molecule has 0 aliphatic carbocycles. The highest BCUT2D eigenvalue weighted by Crippen LogP contribution is 2.25. The summed E-state index contributed by atoms with van der Waals surface area (Å²) < 4.78 is 10.0. The molecule has 0 bridgehead atoms. The van der Waals surface area contributed by atoms with E-state index >= 15 is 0 Å². The fourth-order valence-electron chi connectivity index (χ4n) is 2.33. The first-order valence-electron chi connectivity index (χ1n) is 8.41. The van der Waals surface area contributed by atoms with Crippen molar-refractivity contribution >= 4 is 18.0 Å². The largest absolute Gasteiger partial charge is 0.481 e. The van der Waals surface area contributed by atoms with E-state index in [1.54, 1.807) is 13.8 Å². The van der Waals surface area contributed by atoms with Crippen LogP contribution in [0.4, 0.5) is 4.79 Å². The molecule has 7 nitrogen and oxygen atoms in total. The number of nitrogens with one attached hydrogen (secondary N) is 1. The second-order valence-corrected chi connectivity index (χ2v) is 6.61. The van der Waals surface area contributed by atoms with Gasteiger partial charge < -0.3 is 19.9 Å². The van der Waals surface area contributed by atoms with Crippen molar-refractivity contribution in [1.82, 2.24) is 5.32 Å². The summed E-state index contributed by atoms with van der Waals surface area (Å²) in [6, 6.07) is 0. The minimum absolute atomic E-state index is 0.0245. The Morgan fingerprint density at radius 2 is 1.67 bits per heavy atom. The number of hydrogen-bond donors (Lipinski definition) is 2. The number of carbonyl (C=O) groups is 3. The zero-order valence-corrected chi connectivity index (χ0v) is 15.5. The first kappa shape index (κ1) is 22.2. The predicted molar refractivity (Wildman–Crippen MR) is 89.2 cm³/mol. The van der Waals surface area contributed by atoms with Gasteiger partial charge in [0, 0.05) is 19.4 Å². The summed E-state index contributed by atoms with van der Waals surface area (Å²) in [7, 11) is 0. The molecule has 0 heterocycles. The molecule has 2 N–H and O–H groups in total. The monoisotopic (exact) mass is 345 g/mol. The fourth-order valence-corrected chi connectivity index (χ4v) is 2.33. The standard InChI is InChI=1S/C17H31NO6/c1-7-11(4)12(5)14(8-15(20)21)9-18-17(22)24-16(10(2)3)23-13(6)19/h10-12,14,16H,7-9H2,1-6H3,(H,18,22)(H,20,21)/t11-,12-,14+,16+/m1/s1. The highest BCUT2D eigenvalue weighted by atomic mass is 16.7. The van der Waals surface area contributed by atoms with Gasteiger partial charge in [0.05, 0.1) is 6.42 Å². The fraction of sp³-hybridized carbons (Fsp3) is 0.824. The van der Waals surface area contributed by atoms with Gasteiger partial charge >= 0.3 is 18.0 Å². The zero-order valence-electron chi connectivity index (χ0n) is 15.5. The molecule has 0 aliphatic heterocycles. The van der Waals surface area contributed by atoms with E-state index in [4.69, 9.17) is 14.6 Å². The molecule has 0 saturated heterocycles. The molecule has 140 valence electrons. The van der Waals surface area contributed by atoms with Gasteiger partial charge in [0.2, 0.25) is 0 Å². The van der Waals surface area contributed by atoms with Crippen LogP contribution in [0, 0.1) is 23.7 Å². The average Bonchev–Trinajstić information content (AvgIpc) is 2.48. The van der Waals surface area contributed by atoms with Crippen molar-refractivity contribution in [2.24, 2.45) is 23.7 Å². The third-order valence-electron chi connectivity index (χ3n) is 4.28. The second kappa shape index (κ2) is 10.9. The van der Waals surface area contributed by atoms with Crippen LogP contribution in [0.5, 0.6) is 0 Å². The summed E-state index contributed by atoms with van der Waals surface area (Å²) in [5, 5.41) is 11.7. The van der Waals surface area contributed by atoms with Crippen molar-refractivity contribution in [3.05, 3.63) is 0 Å². The average molecular weight is 345 g/mol. The molecule has 0 aromatic carbocycles. The Morgan fingerprint density at radius 1 is 1.08 bits per heavy atom. The smallest absolute Gasteiger partial charge is 0.410 e. The minimum atomic E-state index is -0.965. The van der Waals surface area contributed by atoms with E-state index in [9.17, 15) is 14.4 Å². The number of hydrogen-bond acceptors (Lipinski definition) is 5. The summed E-state index contributed by atoms with van der Waals surface area (Å²) in [4.78, 5) is 34.0. The number of rotatable bonds is 10. The Labute approximate surface area is 144 Å². The normalized spacial score (nSPS) is 16.0. The molecular weight excluding hydrogens is 314 g/mol. The minimum Gasteiger partial charge on any atom is -0.481 e. The van der Waals surface area contributed by atoms with Crippen LogP contribution in [0.2, 0.25) is 0 Å². The lowest BCUT2D eigenvalue weighted by Gasteiger charge is -2.28. The molecule has 0 spiro atoms. The number of aliphatic carboxylic acids is 1. The second-order valence-electron chi connectivity index (χ2n) is 6.61. The summed E-state index contributed by atoms with van der Waals surface area (Å²) in [6.07, 6.45) is -0.776. The number of carbonyl (C=O) groups excluding carboxylic acids is 2. The van der Waals surface area contributed by atoms with Gasteiger partial charge in [-0.15, -0.1) is 0 Å². The van der Waals surface area contributed by atoms with Gasteiger partial charge in [0.25, 0.3) is 6.29 Å². The Morgan fingerprint density at radius 3 is 2.08 bits per heavy atom. The number of carboxylic acid groups (broad SMARTS) is 1.